The lowest BCUT2D eigenvalue weighted by molar-refractivity contribution is -0.928. The largest absolute Gasteiger partial charge is 0.450 e. The molecule has 2 rings (SSSR count). The Morgan fingerprint density at radius 3 is 2.92 bits per heavy atom. The normalized spacial score (nSPS) is 19.9. The second-order valence-electron chi connectivity index (χ2n) is 6.59. The van der Waals surface area contributed by atoms with Crippen LogP contribution < -0.4 is 15.5 Å². The summed E-state index contributed by atoms with van der Waals surface area (Å²) in [7, 11) is 0. The van der Waals surface area contributed by atoms with E-state index in [1.54, 1.807) is 36.1 Å². The molecule has 0 aromatic heterocycles. The first kappa shape index (κ1) is 19.2. The standard InChI is InChI=1S/C19H29N3O3/c1-3-25-19(24)21-17-10-6-9-16(14-17)18(23)20-11-7-13-22-12-5-4-8-15(22)2/h6,9-10,14-15H,3-5,7-8,11-13H2,1-2H3,(H,20,23)(H,21,24)/p+1/t15-/m0/s1. The third-order valence-electron chi connectivity index (χ3n) is 4.69. The molecule has 138 valence electrons. The summed E-state index contributed by atoms with van der Waals surface area (Å²) in [4.78, 5) is 25.4. The Balaban J connectivity index is 1.75. The molecular weight excluding hydrogens is 318 g/mol. The van der Waals surface area contributed by atoms with Gasteiger partial charge in [0.25, 0.3) is 5.91 Å². The summed E-state index contributed by atoms with van der Waals surface area (Å²) in [6.45, 7) is 7.39. The molecule has 0 saturated carbocycles. The van der Waals surface area contributed by atoms with Crippen LogP contribution in [0, 0.1) is 0 Å². The summed E-state index contributed by atoms with van der Waals surface area (Å²) in [5, 5.41) is 5.57. The molecule has 1 fully saturated rings. The Hall–Kier alpha value is -2.08. The number of piperidine rings is 1. The van der Waals surface area contributed by atoms with Gasteiger partial charge in [-0.2, -0.15) is 0 Å². The molecule has 1 saturated heterocycles. The van der Waals surface area contributed by atoms with E-state index >= 15 is 0 Å². The van der Waals surface area contributed by atoms with Crippen LogP contribution in [0.15, 0.2) is 24.3 Å². The maximum Gasteiger partial charge on any atom is 0.411 e. The van der Waals surface area contributed by atoms with Gasteiger partial charge >= 0.3 is 6.09 Å². The fraction of sp³-hybridized carbons (Fsp3) is 0.579. The van der Waals surface area contributed by atoms with Gasteiger partial charge in [0, 0.05) is 24.2 Å². The molecule has 25 heavy (non-hydrogen) atoms. The van der Waals surface area contributed by atoms with E-state index in [9.17, 15) is 9.59 Å². The first-order valence-corrected chi connectivity index (χ1v) is 9.26. The molecule has 3 N–H and O–H groups in total. The summed E-state index contributed by atoms with van der Waals surface area (Å²) >= 11 is 0. The molecule has 1 aromatic rings. The van der Waals surface area contributed by atoms with Crippen LogP contribution in [-0.2, 0) is 4.74 Å². The first-order valence-electron chi connectivity index (χ1n) is 9.26. The SMILES string of the molecule is CCOC(=O)Nc1cccc(C(=O)NCCC[NH+]2CCCC[C@@H]2C)c1. The van der Waals surface area contributed by atoms with Crippen LogP contribution in [-0.4, -0.2) is 44.3 Å². The minimum Gasteiger partial charge on any atom is -0.450 e. The van der Waals surface area contributed by atoms with Crippen molar-refractivity contribution in [2.45, 2.75) is 45.6 Å². The fourth-order valence-electron chi connectivity index (χ4n) is 3.27. The molecule has 1 aliphatic rings. The van der Waals surface area contributed by atoms with Gasteiger partial charge in [-0.05, 0) is 51.3 Å². The van der Waals surface area contributed by atoms with E-state index < -0.39 is 6.09 Å². The molecule has 6 nitrogen and oxygen atoms in total. The van der Waals surface area contributed by atoms with Crippen LogP contribution in [0.2, 0.25) is 0 Å². The van der Waals surface area contributed by atoms with Crippen molar-refractivity contribution < 1.29 is 19.2 Å². The summed E-state index contributed by atoms with van der Waals surface area (Å²) in [6.07, 6.45) is 4.43. The summed E-state index contributed by atoms with van der Waals surface area (Å²) in [5.74, 6) is -0.116. The van der Waals surface area contributed by atoms with Crippen LogP contribution in [0.25, 0.3) is 0 Å². The molecule has 0 spiro atoms. The van der Waals surface area contributed by atoms with Gasteiger partial charge in [0.05, 0.1) is 25.7 Å². The number of rotatable bonds is 7. The lowest BCUT2D eigenvalue weighted by Crippen LogP contribution is -3.16. The number of carbonyl (C=O) groups is 2. The van der Waals surface area contributed by atoms with Crippen molar-refractivity contribution in [3.05, 3.63) is 29.8 Å². The van der Waals surface area contributed by atoms with E-state index in [0.29, 0.717) is 24.4 Å². The Kier molecular flexibility index (Phi) is 7.73. The quantitative estimate of drug-likeness (QED) is 0.658. The van der Waals surface area contributed by atoms with Crippen molar-refractivity contribution in [2.75, 3.05) is 31.6 Å². The van der Waals surface area contributed by atoms with Crippen LogP contribution >= 0.6 is 0 Å². The van der Waals surface area contributed by atoms with Gasteiger partial charge in [0.1, 0.15) is 0 Å². The zero-order chi connectivity index (χ0) is 18.1. The van der Waals surface area contributed by atoms with Gasteiger partial charge in [-0.1, -0.05) is 6.07 Å². The van der Waals surface area contributed by atoms with Crippen LogP contribution in [0.5, 0.6) is 0 Å². The van der Waals surface area contributed by atoms with E-state index in [4.69, 9.17) is 4.74 Å². The van der Waals surface area contributed by atoms with E-state index in [-0.39, 0.29) is 5.91 Å². The Morgan fingerprint density at radius 2 is 2.16 bits per heavy atom. The number of nitrogens with one attached hydrogen (secondary N) is 3. The van der Waals surface area contributed by atoms with E-state index in [2.05, 4.69) is 17.6 Å². The highest BCUT2D eigenvalue weighted by molar-refractivity contribution is 5.96. The van der Waals surface area contributed by atoms with Crippen molar-refractivity contribution in [3.63, 3.8) is 0 Å². The van der Waals surface area contributed by atoms with Crippen LogP contribution in [0.1, 0.15) is 49.9 Å². The second-order valence-corrected chi connectivity index (χ2v) is 6.59. The third-order valence-corrected chi connectivity index (χ3v) is 4.69. The number of hydrogen-bond acceptors (Lipinski definition) is 3. The van der Waals surface area contributed by atoms with Crippen molar-refractivity contribution in [2.24, 2.45) is 0 Å². The average molecular weight is 348 g/mol. The van der Waals surface area contributed by atoms with Crippen molar-refractivity contribution in [1.82, 2.24) is 5.32 Å². The monoisotopic (exact) mass is 348 g/mol. The molecule has 1 unspecified atom stereocenters. The predicted molar refractivity (Wildman–Crippen MR) is 98.0 cm³/mol. The number of carbonyl (C=O) groups excluding carboxylic acids is 2. The van der Waals surface area contributed by atoms with E-state index in [0.717, 1.165) is 19.0 Å². The maximum absolute atomic E-state index is 12.3. The van der Waals surface area contributed by atoms with Crippen molar-refractivity contribution in [3.8, 4) is 0 Å². The number of quaternary nitrogens is 1. The van der Waals surface area contributed by atoms with E-state index in [1.165, 1.54) is 25.8 Å². The molecule has 0 bridgehead atoms. The highest BCUT2D eigenvalue weighted by Gasteiger charge is 2.20. The topological polar surface area (TPSA) is 71.9 Å². The number of likely N-dealkylation sites (tertiary alicyclic amines) is 1. The zero-order valence-electron chi connectivity index (χ0n) is 15.3. The summed E-state index contributed by atoms with van der Waals surface area (Å²) < 4.78 is 4.84. The molecule has 0 aliphatic carbocycles. The van der Waals surface area contributed by atoms with Crippen LogP contribution in [0.4, 0.5) is 10.5 Å². The molecule has 0 radical (unpaired) electrons. The molecular formula is C19H30N3O3+. The zero-order valence-corrected chi connectivity index (χ0v) is 15.3. The molecule has 1 aromatic carbocycles. The maximum atomic E-state index is 12.3. The molecule has 2 atom stereocenters. The Bertz CT molecular complexity index is 577. The van der Waals surface area contributed by atoms with E-state index in [1.807, 2.05) is 0 Å². The fourth-order valence-corrected chi connectivity index (χ4v) is 3.27. The molecule has 6 heteroatoms. The summed E-state index contributed by atoms with van der Waals surface area (Å²) in [6, 6.07) is 7.61. The smallest absolute Gasteiger partial charge is 0.411 e. The van der Waals surface area contributed by atoms with Gasteiger partial charge in [0.15, 0.2) is 0 Å². The van der Waals surface area contributed by atoms with Crippen molar-refractivity contribution >= 4 is 17.7 Å². The second kappa shape index (κ2) is 10.0. The van der Waals surface area contributed by atoms with Gasteiger partial charge in [0.2, 0.25) is 0 Å². The Labute approximate surface area is 149 Å². The first-order chi connectivity index (χ1) is 12.1. The minimum atomic E-state index is -0.515. The van der Waals surface area contributed by atoms with Crippen molar-refractivity contribution in [1.29, 1.82) is 0 Å². The molecule has 1 aliphatic heterocycles. The Morgan fingerprint density at radius 1 is 1.32 bits per heavy atom. The number of amides is 2. The molecule has 2 amide bonds. The predicted octanol–water partition coefficient (Wildman–Crippen LogP) is 1.83. The average Bonchev–Trinajstić information content (AvgIpc) is 2.60. The molecule has 1 heterocycles. The highest BCUT2D eigenvalue weighted by atomic mass is 16.5. The lowest BCUT2D eigenvalue weighted by Gasteiger charge is -2.30. The number of ether oxygens (including phenoxy) is 1. The van der Waals surface area contributed by atoms with Gasteiger partial charge in [-0.25, -0.2) is 4.79 Å². The van der Waals surface area contributed by atoms with Gasteiger partial charge in [-0.3, -0.25) is 10.1 Å². The number of anilines is 1. The highest BCUT2D eigenvalue weighted by Crippen LogP contribution is 2.11. The van der Waals surface area contributed by atoms with Gasteiger partial charge < -0.3 is 15.0 Å². The number of benzene rings is 1. The lowest BCUT2D eigenvalue weighted by atomic mass is 10.0. The third kappa shape index (κ3) is 6.38. The number of hydrogen-bond donors (Lipinski definition) is 3. The van der Waals surface area contributed by atoms with Gasteiger partial charge in [-0.15, -0.1) is 0 Å². The van der Waals surface area contributed by atoms with Crippen LogP contribution in [0.3, 0.4) is 0 Å². The summed E-state index contributed by atoms with van der Waals surface area (Å²) in [5.41, 5.74) is 1.09. The minimum absolute atomic E-state index is 0.116.